The van der Waals surface area contributed by atoms with E-state index in [0.29, 0.717) is 0 Å². The number of benzene rings is 2. The molecule has 1 N–H and O–H groups in total. The van der Waals surface area contributed by atoms with Gasteiger partial charge in [0.25, 0.3) is 0 Å². The maximum atomic E-state index is 8.97. The summed E-state index contributed by atoms with van der Waals surface area (Å²) in [4.78, 5) is 1.20. The Morgan fingerprint density at radius 3 is 2.50 bits per heavy atom. The number of hydrogen-bond donors (Lipinski definition) is 1. The predicted octanol–water partition coefficient (Wildman–Crippen LogP) is 3.48. The molecule has 0 aromatic heterocycles. The number of rotatable bonds is 5. The molecule has 0 aliphatic heterocycles. The molecule has 3 heteroatoms. The molecule has 0 aliphatic carbocycles. The maximum absolute atomic E-state index is 8.97. The van der Waals surface area contributed by atoms with Gasteiger partial charge in [-0.15, -0.1) is 11.8 Å². The fraction of sp³-hybridized carbons (Fsp3) is 0.200. The highest BCUT2D eigenvalue weighted by atomic mass is 32.2. The zero-order valence-corrected chi connectivity index (χ0v) is 11.1. The van der Waals surface area contributed by atoms with E-state index in [9.17, 15) is 0 Å². The summed E-state index contributed by atoms with van der Waals surface area (Å²) in [6.45, 7) is 0.0980. The normalized spacial score (nSPS) is 10.3. The van der Waals surface area contributed by atoms with E-state index in [4.69, 9.17) is 9.84 Å². The van der Waals surface area contributed by atoms with Gasteiger partial charge < -0.3 is 9.84 Å². The quantitative estimate of drug-likeness (QED) is 0.835. The van der Waals surface area contributed by atoms with Crippen molar-refractivity contribution < 1.29 is 9.84 Å². The highest BCUT2D eigenvalue weighted by Gasteiger charge is 1.99. The van der Waals surface area contributed by atoms with Gasteiger partial charge in [-0.25, -0.2) is 0 Å². The first-order valence-corrected chi connectivity index (χ1v) is 6.76. The van der Waals surface area contributed by atoms with Gasteiger partial charge in [-0.1, -0.05) is 24.3 Å². The van der Waals surface area contributed by atoms with Crippen LogP contribution in [0.2, 0.25) is 0 Å². The fourth-order valence-corrected chi connectivity index (χ4v) is 2.46. The molecule has 2 rings (SSSR count). The van der Waals surface area contributed by atoms with Gasteiger partial charge >= 0.3 is 0 Å². The van der Waals surface area contributed by atoms with Gasteiger partial charge in [0.05, 0.1) is 13.7 Å². The van der Waals surface area contributed by atoms with Gasteiger partial charge in [0, 0.05) is 10.6 Å². The Bertz CT molecular complexity index is 494. The first-order valence-electron chi connectivity index (χ1n) is 5.77. The molecule has 18 heavy (non-hydrogen) atoms. The first kappa shape index (κ1) is 13.0. The number of ether oxygens (including phenoxy) is 1. The van der Waals surface area contributed by atoms with E-state index in [2.05, 4.69) is 12.1 Å². The predicted molar refractivity (Wildman–Crippen MR) is 74.9 cm³/mol. The Kier molecular flexibility index (Phi) is 4.67. The van der Waals surface area contributed by atoms with Crippen molar-refractivity contribution in [3.05, 3.63) is 59.7 Å². The summed E-state index contributed by atoms with van der Waals surface area (Å²) in [6, 6.07) is 16.1. The van der Waals surface area contributed by atoms with Gasteiger partial charge in [-0.3, -0.25) is 0 Å². The van der Waals surface area contributed by atoms with E-state index in [1.54, 1.807) is 18.9 Å². The molecule has 94 valence electrons. The lowest BCUT2D eigenvalue weighted by Crippen LogP contribution is -1.86. The molecule has 0 saturated heterocycles. The molecular formula is C15H16O2S. The van der Waals surface area contributed by atoms with Crippen molar-refractivity contribution in [2.75, 3.05) is 7.11 Å². The fourth-order valence-electron chi connectivity index (χ4n) is 1.62. The molecule has 2 aromatic rings. The lowest BCUT2D eigenvalue weighted by molar-refractivity contribution is 0.282. The van der Waals surface area contributed by atoms with E-state index in [-0.39, 0.29) is 6.61 Å². The minimum Gasteiger partial charge on any atom is -0.497 e. The topological polar surface area (TPSA) is 29.5 Å². The van der Waals surface area contributed by atoms with Crippen LogP contribution in [0.5, 0.6) is 5.75 Å². The van der Waals surface area contributed by atoms with Crippen molar-refractivity contribution in [2.24, 2.45) is 0 Å². The Balaban J connectivity index is 1.97. The van der Waals surface area contributed by atoms with Gasteiger partial charge in [0.1, 0.15) is 5.75 Å². The van der Waals surface area contributed by atoms with Crippen molar-refractivity contribution in [3.8, 4) is 5.75 Å². The summed E-state index contributed by atoms with van der Waals surface area (Å²) in [6.07, 6.45) is 0. The lowest BCUT2D eigenvalue weighted by atomic mass is 10.2. The minimum absolute atomic E-state index is 0.0980. The molecule has 0 bridgehead atoms. The molecule has 0 aliphatic rings. The van der Waals surface area contributed by atoms with E-state index in [1.165, 1.54) is 10.5 Å². The molecule has 0 heterocycles. The highest BCUT2D eigenvalue weighted by Crippen LogP contribution is 2.24. The van der Waals surface area contributed by atoms with Crippen LogP contribution in [0.25, 0.3) is 0 Å². The van der Waals surface area contributed by atoms with Crippen molar-refractivity contribution in [2.45, 2.75) is 17.3 Å². The van der Waals surface area contributed by atoms with Gasteiger partial charge in [-0.2, -0.15) is 0 Å². The van der Waals surface area contributed by atoms with Crippen LogP contribution < -0.4 is 4.74 Å². The summed E-state index contributed by atoms with van der Waals surface area (Å²) < 4.78 is 5.20. The van der Waals surface area contributed by atoms with Gasteiger partial charge in [-0.05, 0) is 35.4 Å². The van der Waals surface area contributed by atoms with Crippen molar-refractivity contribution in [3.63, 3.8) is 0 Å². The second kappa shape index (κ2) is 6.47. The van der Waals surface area contributed by atoms with E-state index < -0.39 is 0 Å². The molecule has 0 atom stereocenters. The van der Waals surface area contributed by atoms with Crippen LogP contribution in [0, 0.1) is 0 Å². The van der Waals surface area contributed by atoms with E-state index in [0.717, 1.165) is 17.1 Å². The molecule has 0 unspecified atom stereocenters. The molecule has 2 nitrogen and oxygen atoms in total. The Hall–Kier alpha value is -1.45. The molecule has 0 amide bonds. The third kappa shape index (κ3) is 3.52. The summed E-state index contributed by atoms with van der Waals surface area (Å²) >= 11 is 1.77. The van der Waals surface area contributed by atoms with Gasteiger partial charge in [0.15, 0.2) is 0 Å². The largest absolute Gasteiger partial charge is 0.497 e. The standard InChI is InChI=1S/C15H16O2S/c1-17-14-4-2-3-13(9-14)11-18-15-7-5-12(10-16)6-8-15/h2-9,16H,10-11H2,1H3. The maximum Gasteiger partial charge on any atom is 0.119 e. The van der Waals surface area contributed by atoms with E-state index >= 15 is 0 Å². The Morgan fingerprint density at radius 2 is 1.83 bits per heavy atom. The zero-order valence-electron chi connectivity index (χ0n) is 10.3. The number of methoxy groups -OCH3 is 1. The average molecular weight is 260 g/mol. The van der Waals surface area contributed by atoms with Crippen LogP contribution in [0.1, 0.15) is 11.1 Å². The second-order valence-electron chi connectivity index (χ2n) is 3.94. The lowest BCUT2D eigenvalue weighted by Gasteiger charge is -2.05. The number of aliphatic hydroxyl groups excluding tert-OH is 1. The summed E-state index contributed by atoms with van der Waals surface area (Å²) in [5.41, 5.74) is 2.19. The minimum atomic E-state index is 0.0980. The van der Waals surface area contributed by atoms with Crippen molar-refractivity contribution >= 4 is 11.8 Å². The van der Waals surface area contributed by atoms with Gasteiger partial charge in [0.2, 0.25) is 0 Å². The number of hydrogen-bond acceptors (Lipinski definition) is 3. The average Bonchev–Trinajstić information content (AvgIpc) is 2.46. The van der Waals surface area contributed by atoms with Crippen LogP contribution in [0.3, 0.4) is 0 Å². The molecule has 0 saturated carbocycles. The second-order valence-corrected chi connectivity index (χ2v) is 4.99. The molecule has 0 fully saturated rings. The highest BCUT2D eigenvalue weighted by molar-refractivity contribution is 7.98. The molecule has 0 radical (unpaired) electrons. The van der Waals surface area contributed by atoms with Crippen LogP contribution in [0.15, 0.2) is 53.4 Å². The Labute approximate surface area is 112 Å². The third-order valence-electron chi connectivity index (χ3n) is 2.65. The SMILES string of the molecule is COc1cccc(CSc2ccc(CO)cc2)c1. The molecule has 2 aromatic carbocycles. The summed E-state index contributed by atoms with van der Waals surface area (Å²) in [5.74, 6) is 1.80. The van der Waals surface area contributed by atoms with Crippen LogP contribution >= 0.6 is 11.8 Å². The number of thioether (sulfide) groups is 1. The molecule has 0 spiro atoms. The summed E-state index contributed by atoms with van der Waals surface area (Å²) in [7, 11) is 1.68. The monoisotopic (exact) mass is 260 g/mol. The smallest absolute Gasteiger partial charge is 0.119 e. The third-order valence-corrected chi connectivity index (χ3v) is 3.73. The van der Waals surface area contributed by atoms with Crippen LogP contribution in [-0.4, -0.2) is 12.2 Å². The van der Waals surface area contributed by atoms with Crippen LogP contribution in [0.4, 0.5) is 0 Å². The summed E-state index contributed by atoms with van der Waals surface area (Å²) in [5, 5.41) is 8.97. The van der Waals surface area contributed by atoms with E-state index in [1.807, 2.05) is 36.4 Å². The number of aliphatic hydroxyl groups is 1. The van der Waals surface area contributed by atoms with Crippen molar-refractivity contribution in [1.82, 2.24) is 0 Å². The van der Waals surface area contributed by atoms with Crippen LogP contribution in [-0.2, 0) is 12.4 Å². The Morgan fingerprint density at radius 1 is 1.06 bits per heavy atom. The first-order chi connectivity index (χ1) is 8.81. The molecular weight excluding hydrogens is 244 g/mol. The zero-order chi connectivity index (χ0) is 12.8. The van der Waals surface area contributed by atoms with Crippen molar-refractivity contribution in [1.29, 1.82) is 0 Å².